The van der Waals surface area contributed by atoms with Gasteiger partial charge in [0, 0.05) is 0 Å². The van der Waals surface area contributed by atoms with Crippen LogP contribution < -0.4 is 0 Å². The van der Waals surface area contributed by atoms with E-state index >= 15 is 0 Å². The van der Waals surface area contributed by atoms with Crippen LogP contribution in [0, 0.1) is 5.92 Å². The third-order valence-electron chi connectivity index (χ3n) is 1.86. The Morgan fingerprint density at radius 2 is 1.71 bits per heavy atom. The highest BCUT2D eigenvalue weighted by molar-refractivity contribution is 7.80. The second kappa shape index (κ2) is 5.65. The lowest BCUT2D eigenvalue weighted by atomic mass is 10.0. The maximum absolute atomic E-state index is 10.5. The Morgan fingerprint density at radius 3 is 2.00 bits per heavy atom. The van der Waals surface area contributed by atoms with Crippen LogP contribution in [0.3, 0.4) is 0 Å². The Kier molecular flexibility index (Phi) is 5.58. The van der Waals surface area contributed by atoms with Crippen molar-refractivity contribution in [2.75, 3.05) is 0 Å². The smallest absolute Gasteiger partial charge is 0.393 e. The minimum Gasteiger partial charge on any atom is -0.393 e. The standard InChI is InChI=1S/C8H18O5S/c1-6(2)8(5-4-7(3)9)13-14(10,11)12/h6-9H,4-5H2,1-3H3,(H,10,11,12)/t7-,8+/m1/s1. The van der Waals surface area contributed by atoms with Crippen molar-refractivity contribution < 1.29 is 22.3 Å². The summed E-state index contributed by atoms with van der Waals surface area (Å²) in [5.74, 6) is -0.0318. The van der Waals surface area contributed by atoms with Crippen LogP contribution >= 0.6 is 0 Å². The van der Waals surface area contributed by atoms with Gasteiger partial charge in [-0.2, -0.15) is 8.42 Å². The predicted molar refractivity (Wildman–Crippen MR) is 52.2 cm³/mol. The lowest BCUT2D eigenvalue weighted by Gasteiger charge is -2.19. The molecule has 0 aromatic heterocycles. The van der Waals surface area contributed by atoms with E-state index in [1.165, 1.54) is 0 Å². The number of aliphatic hydroxyl groups excluding tert-OH is 1. The Labute approximate surface area is 85.0 Å². The summed E-state index contributed by atoms with van der Waals surface area (Å²) in [4.78, 5) is 0. The molecule has 2 N–H and O–H groups in total. The first kappa shape index (κ1) is 13.8. The number of hydrogen-bond donors (Lipinski definition) is 2. The van der Waals surface area contributed by atoms with Crippen molar-refractivity contribution in [2.24, 2.45) is 5.92 Å². The predicted octanol–water partition coefficient (Wildman–Crippen LogP) is 0.991. The van der Waals surface area contributed by atoms with Crippen molar-refractivity contribution in [2.45, 2.75) is 45.8 Å². The number of hydrogen-bond acceptors (Lipinski definition) is 4. The van der Waals surface area contributed by atoms with Gasteiger partial charge in [0.05, 0.1) is 12.2 Å². The highest BCUT2D eigenvalue weighted by Crippen LogP contribution is 2.16. The van der Waals surface area contributed by atoms with Crippen molar-refractivity contribution in [3.8, 4) is 0 Å². The molecule has 0 aliphatic rings. The van der Waals surface area contributed by atoms with Crippen LogP contribution in [-0.2, 0) is 14.6 Å². The first-order valence-corrected chi connectivity index (χ1v) is 5.92. The molecule has 86 valence electrons. The minimum absolute atomic E-state index is 0.0318. The van der Waals surface area contributed by atoms with E-state index in [0.29, 0.717) is 12.8 Å². The molecule has 0 heterocycles. The number of rotatable bonds is 6. The van der Waals surface area contributed by atoms with Crippen LogP contribution in [0.15, 0.2) is 0 Å². The van der Waals surface area contributed by atoms with Crippen molar-refractivity contribution in [1.29, 1.82) is 0 Å². The van der Waals surface area contributed by atoms with Gasteiger partial charge in [0.1, 0.15) is 0 Å². The monoisotopic (exact) mass is 226 g/mol. The molecule has 0 spiro atoms. The summed E-state index contributed by atoms with van der Waals surface area (Å²) in [5, 5.41) is 9.01. The maximum Gasteiger partial charge on any atom is 0.397 e. The molecule has 0 bridgehead atoms. The van der Waals surface area contributed by atoms with E-state index < -0.39 is 22.6 Å². The molecule has 0 saturated carbocycles. The zero-order chi connectivity index (χ0) is 11.4. The van der Waals surface area contributed by atoms with Crippen molar-refractivity contribution in [3.05, 3.63) is 0 Å². The van der Waals surface area contributed by atoms with Gasteiger partial charge in [-0.3, -0.25) is 4.55 Å². The molecule has 0 saturated heterocycles. The summed E-state index contributed by atoms with van der Waals surface area (Å²) in [6, 6.07) is 0. The molecule has 2 atom stereocenters. The van der Waals surface area contributed by atoms with Crippen molar-refractivity contribution >= 4 is 10.4 Å². The maximum atomic E-state index is 10.5. The van der Waals surface area contributed by atoms with E-state index in [1.54, 1.807) is 20.8 Å². The van der Waals surface area contributed by atoms with E-state index in [4.69, 9.17) is 9.66 Å². The molecule has 0 aliphatic heterocycles. The lowest BCUT2D eigenvalue weighted by molar-refractivity contribution is 0.102. The van der Waals surface area contributed by atoms with Crippen molar-refractivity contribution in [3.63, 3.8) is 0 Å². The normalized spacial score (nSPS) is 17.0. The van der Waals surface area contributed by atoms with E-state index in [9.17, 15) is 8.42 Å². The van der Waals surface area contributed by atoms with E-state index in [0.717, 1.165) is 0 Å². The summed E-state index contributed by atoms with van der Waals surface area (Å²) in [6.45, 7) is 5.20. The van der Waals surface area contributed by atoms with Gasteiger partial charge in [0.25, 0.3) is 0 Å². The molecule has 0 aliphatic carbocycles. The first-order valence-electron chi connectivity index (χ1n) is 4.56. The van der Waals surface area contributed by atoms with Crippen molar-refractivity contribution in [1.82, 2.24) is 0 Å². The first-order chi connectivity index (χ1) is 6.22. The molecular formula is C8H18O5S. The molecule has 0 fully saturated rings. The quantitative estimate of drug-likeness (QED) is 0.660. The summed E-state index contributed by atoms with van der Waals surface area (Å²) in [5.41, 5.74) is 0. The fourth-order valence-corrected chi connectivity index (χ4v) is 1.69. The molecule has 0 amide bonds. The fraction of sp³-hybridized carbons (Fsp3) is 1.00. The lowest BCUT2D eigenvalue weighted by Crippen LogP contribution is -2.24. The molecule has 0 aromatic rings. The third kappa shape index (κ3) is 7.25. The second-order valence-corrected chi connectivity index (χ2v) is 4.78. The van der Waals surface area contributed by atoms with Crippen LogP contribution in [0.4, 0.5) is 0 Å². The summed E-state index contributed by atoms with van der Waals surface area (Å²) >= 11 is 0. The zero-order valence-electron chi connectivity index (χ0n) is 8.67. The Balaban J connectivity index is 4.17. The molecule has 14 heavy (non-hydrogen) atoms. The van der Waals surface area contributed by atoms with Gasteiger partial charge in [0.2, 0.25) is 0 Å². The summed E-state index contributed by atoms with van der Waals surface area (Å²) in [6.07, 6.45) is -0.242. The fourth-order valence-electron chi connectivity index (χ4n) is 1.05. The van der Waals surface area contributed by atoms with Gasteiger partial charge >= 0.3 is 10.4 Å². The Hall–Kier alpha value is -0.170. The van der Waals surface area contributed by atoms with Crippen LogP contribution in [0.5, 0.6) is 0 Å². The van der Waals surface area contributed by atoms with Gasteiger partial charge < -0.3 is 5.11 Å². The SMILES string of the molecule is CC(C)[C@H](CC[C@@H](C)O)OS(=O)(=O)O. The van der Waals surface area contributed by atoms with E-state index in [-0.39, 0.29) is 5.92 Å². The highest BCUT2D eigenvalue weighted by Gasteiger charge is 2.20. The molecule has 6 heteroatoms. The second-order valence-electron chi connectivity index (χ2n) is 3.73. The van der Waals surface area contributed by atoms with Crippen LogP contribution in [0.2, 0.25) is 0 Å². The van der Waals surface area contributed by atoms with Crippen LogP contribution in [-0.4, -0.2) is 30.3 Å². The molecule has 0 radical (unpaired) electrons. The average molecular weight is 226 g/mol. The molecular weight excluding hydrogens is 208 g/mol. The zero-order valence-corrected chi connectivity index (χ0v) is 9.49. The van der Waals surface area contributed by atoms with Gasteiger partial charge in [-0.05, 0) is 25.7 Å². The summed E-state index contributed by atoms with van der Waals surface area (Å²) < 4.78 is 33.9. The van der Waals surface area contributed by atoms with Crippen LogP contribution in [0.1, 0.15) is 33.6 Å². The molecule has 5 nitrogen and oxygen atoms in total. The van der Waals surface area contributed by atoms with Gasteiger partial charge in [0.15, 0.2) is 0 Å². The topological polar surface area (TPSA) is 83.8 Å². The number of aliphatic hydroxyl groups is 1. The third-order valence-corrected chi connectivity index (χ3v) is 2.35. The van der Waals surface area contributed by atoms with E-state index in [1.807, 2.05) is 0 Å². The summed E-state index contributed by atoms with van der Waals surface area (Å²) in [7, 11) is -4.40. The van der Waals surface area contributed by atoms with Crippen LogP contribution in [0.25, 0.3) is 0 Å². The largest absolute Gasteiger partial charge is 0.397 e. The van der Waals surface area contributed by atoms with Gasteiger partial charge in [-0.1, -0.05) is 13.8 Å². The average Bonchev–Trinajstić information content (AvgIpc) is 1.94. The van der Waals surface area contributed by atoms with Gasteiger partial charge in [-0.15, -0.1) is 0 Å². The highest BCUT2D eigenvalue weighted by atomic mass is 32.3. The molecule has 0 unspecified atom stereocenters. The van der Waals surface area contributed by atoms with E-state index in [2.05, 4.69) is 4.18 Å². The Bertz CT molecular complexity index is 244. The molecule has 0 rings (SSSR count). The minimum atomic E-state index is -4.40. The van der Waals surface area contributed by atoms with Gasteiger partial charge in [-0.25, -0.2) is 4.18 Å². The molecule has 0 aromatic carbocycles. The Morgan fingerprint density at radius 1 is 1.21 bits per heavy atom.